The number of halogens is 2. The summed E-state index contributed by atoms with van der Waals surface area (Å²) in [6.45, 7) is 4.34. The number of benzene rings is 2. The van der Waals surface area contributed by atoms with Gasteiger partial charge in [-0.05, 0) is 36.8 Å². The van der Waals surface area contributed by atoms with Gasteiger partial charge in [0.1, 0.15) is 17.4 Å². The van der Waals surface area contributed by atoms with E-state index in [2.05, 4.69) is 20.9 Å². The molecule has 3 rings (SSSR count). The molecule has 0 spiro atoms. The topological polar surface area (TPSA) is 77.4 Å². The highest BCUT2D eigenvalue weighted by atomic mass is 79.9. The average Bonchev–Trinajstić information content (AvgIpc) is 2.85. The lowest BCUT2D eigenvalue weighted by Gasteiger charge is -2.28. The molecule has 0 aliphatic carbocycles. The molecule has 1 aliphatic heterocycles. The van der Waals surface area contributed by atoms with Gasteiger partial charge in [0.15, 0.2) is 0 Å². The number of methoxy groups -OCH3 is 1. The van der Waals surface area contributed by atoms with Crippen LogP contribution in [-0.4, -0.2) is 56.2 Å². The molecule has 1 heterocycles. The van der Waals surface area contributed by atoms with Gasteiger partial charge in [-0.2, -0.15) is 0 Å². The summed E-state index contributed by atoms with van der Waals surface area (Å²) in [5, 5.41) is 0. The Hall–Kier alpha value is -2.59. The molecule has 7 nitrogen and oxygen atoms in total. The number of ether oxygens (including phenoxy) is 3. The lowest BCUT2D eigenvalue weighted by molar-refractivity contribution is -0.142. The molecule has 0 aromatic heterocycles. The summed E-state index contributed by atoms with van der Waals surface area (Å²) in [6, 6.07) is 10.4. The number of hydrogen-bond acceptors (Lipinski definition) is 7. The molecule has 2 aromatic rings. The van der Waals surface area contributed by atoms with Gasteiger partial charge < -0.3 is 14.2 Å². The number of amides is 1. The summed E-state index contributed by atoms with van der Waals surface area (Å²) in [6.07, 6.45) is 0.112. The van der Waals surface area contributed by atoms with Crippen molar-refractivity contribution in [1.82, 2.24) is 4.90 Å². The Morgan fingerprint density at radius 3 is 2.74 bits per heavy atom. The van der Waals surface area contributed by atoms with E-state index in [1.807, 2.05) is 25.1 Å². The van der Waals surface area contributed by atoms with Crippen molar-refractivity contribution in [3.05, 3.63) is 57.8 Å². The Morgan fingerprint density at radius 2 is 2.00 bits per heavy atom. The molecule has 0 radical (unpaired) electrons. The molecule has 188 valence electrons. The van der Waals surface area contributed by atoms with E-state index >= 15 is 4.39 Å². The van der Waals surface area contributed by atoms with E-state index in [9.17, 15) is 9.59 Å². The third-order valence-electron chi connectivity index (χ3n) is 5.16. The van der Waals surface area contributed by atoms with E-state index in [4.69, 9.17) is 14.2 Å². The molecule has 0 bridgehead atoms. The molecule has 1 atom stereocenters. The summed E-state index contributed by atoms with van der Waals surface area (Å²) < 4.78 is 31.8. The molecule has 0 N–H and O–H groups in total. The van der Waals surface area contributed by atoms with Crippen molar-refractivity contribution in [2.45, 2.75) is 30.9 Å². The predicted molar refractivity (Wildman–Crippen MR) is 137 cm³/mol. The highest BCUT2D eigenvalue weighted by Gasteiger charge is 2.28. The first-order valence-corrected chi connectivity index (χ1v) is 12.9. The van der Waals surface area contributed by atoms with Gasteiger partial charge in [-0.3, -0.25) is 14.7 Å². The maximum absolute atomic E-state index is 15.0. The summed E-state index contributed by atoms with van der Waals surface area (Å²) in [5.41, 5.74) is 1.44. The minimum absolute atomic E-state index is 0.0866. The van der Waals surface area contributed by atoms with Crippen LogP contribution >= 0.6 is 27.7 Å². The zero-order chi connectivity index (χ0) is 25.4. The maximum Gasteiger partial charge on any atom is 0.415 e. The second-order valence-corrected chi connectivity index (χ2v) is 9.96. The quantitative estimate of drug-likeness (QED) is 0.287. The normalized spacial score (nSPS) is 14.2. The minimum Gasteiger partial charge on any atom is -0.496 e. The van der Waals surface area contributed by atoms with Crippen LogP contribution in [0.5, 0.6) is 5.75 Å². The first-order valence-electron chi connectivity index (χ1n) is 11.2. The SMILES string of the molecule is COc1ccc(Br)cc1CSc1c(F)cccc1C1=NCCCN1C(=O)OCC(C)COC(C)=O. The van der Waals surface area contributed by atoms with Crippen LogP contribution in [0.15, 0.2) is 50.8 Å². The minimum atomic E-state index is -0.563. The van der Waals surface area contributed by atoms with Gasteiger partial charge in [0.2, 0.25) is 0 Å². The van der Waals surface area contributed by atoms with Crippen LogP contribution in [-0.2, 0) is 20.0 Å². The second-order valence-electron chi connectivity index (χ2n) is 8.06. The van der Waals surface area contributed by atoms with Crippen LogP contribution in [0.25, 0.3) is 0 Å². The van der Waals surface area contributed by atoms with Gasteiger partial charge >= 0.3 is 12.1 Å². The lowest BCUT2D eigenvalue weighted by atomic mass is 10.1. The Bertz CT molecular complexity index is 1100. The second kappa shape index (κ2) is 12.9. The van der Waals surface area contributed by atoms with Crippen LogP contribution in [0, 0.1) is 11.7 Å². The fraction of sp³-hybridized carbons (Fsp3) is 0.400. The lowest BCUT2D eigenvalue weighted by Crippen LogP contribution is -2.42. The summed E-state index contributed by atoms with van der Waals surface area (Å²) in [5.74, 6) is 0.623. The predicted octanol–water partition coefficient (Wildman–Crippen LogP) is 5.68. The van der Waals surface area contributed by atoms with Crippen molar-refractivity contribution in [2.24, 2.45) is 10.9 Å². The van der Waals surface area contributed by atoms with Crippen LogP contribution in [0.3, 0.4) is 0 Å². The van der Waals surface area contributed by atoms with Gasteiger partial charge in [0.25, 0.3) is 0 Å². The molecule has 1 amide bonds. The Kier molecular flexibility index (Phi) is 9.97. The molecule has 1 unspecified atom stereocenters. The van der Waals surface area contributed by atoms with Crippen LogP contribution in [0.1, 0.15) is 31.4 Å². The summed E-state index contributed by atoms with van der Waals surface area (Å²) in [4.78, 5) is 30.3. The number of esters is 1. The number of carbonyl (C=O) groups is 2. The molecule has 0 fully saturated rings. The first-order chi connectivity index (χ1) is 16.8. The van der Waals surface area contributed by atoms with Crippen molar-refractivity contribution in [3.8, 4) is 5.75 Å². The fourth-order valence-electron chi connectivity index (χ4n) is 3.45. The first kappa shape index (κ1) is 27.0. The zero-order valence-corrected chi connectivity index (χ0v) is 22.3. The highest BCUT2D eigenvalue weighted by Crippen LogP contribution is 2.34. The molecular formula is C25H28BrFN2O5S. The van der Waals surface area contributed by atoms with Crippen LogP contribution in [0.2, 0.25) is 0 Å². The van der Waals surface area contributed by atoms with Crippen molar-refractivity contribution >= 4 is 45.6 Å². The van der Waals surface area contributed by atoms with Gasteiger partial charge in [0.05, 0.1) is 25.2 Å². The van der Waals surface area contributed by atoms with E-state index < -0.39 is 11.9 Å². The number of thioether (sulfide) groups is 1. The zero-order valence-electron chi connectivity index (χ0n) is 19.9. The maximum atomic E-state index is 15.0. The van der Waals surface area contributed by atoms with E-state index in [0.29, 0.717) is 47.3 Å². The molecule has 0 saturated carbocycles. The number of amidine groups is 1. The summed E-state index contributed by atoms with van der Waals surface area (Å²) in [7, 11) is 1.60. The molecule has 35 heavy (non-hydrogen) atoms. The monoisotopic (exact) mass is 566 g/mol. The average molecular weight is 567 g/mol. The standard InChI is InChI=1S/C25H28BrFN2O5S/c1-16(13-33-17(2)30)14-34-25(31)29-11-5-10-28-24(29)20-6-4-7-21(27)23(20)35-15-18-12-19(26)8-9-22(18)32-3/h4,6-9,12,16H,5,10-11,13-15H2,1-3H3. The number of hydrogen-bond donors (Lipinski definition) is 0. The van der Waals surface area contributed by atoms with E-state index in [1.165, 1.54) is 29.7 Å². The molecular weight excluding hydrogens is 539 g/mol. The number of rotatable bonds is 9. The van der Waals surface area contributed by atoms with Gasteiger partial charge in [0, 0.05) is 47.3 Å². The van der Waals surface area contributed by atoms with Crippen molar-refractivity contribution in [2.75, 3.05) is 33.4 Å². The molecule has 1 aliphatic rings. The Morgan fingerprint density at radius 1 is 1.23 bits per heavy atom. The van der Waals surface area contributed by atoms with E-state index in [-0.39, 0.29) is 25.1 Å². The van der Waals surface area contributed by atoms with E-state index in [0.717, 1.165) is 10.0 Å². The van der Waals surface area contributed by atoms with E-state index in [1.54, 1.807) is 19.2 Å². The number of aliphatic imine (C=N–C) groups is 1. The van der Waals surface area contributed by atoms with Gasteiger partial charge in [-0.15, -0.1) is 11.8 Å². The van der Waals surface area contributed by atoms with Crippen LogP contribution in [0.4, 0.5) is 9.18 Å². The van der Waals surface area contributed by atoms with Crippen molar-refractivity contribution < 1.29 is 28.2 Å². The largest absolute Gasteiger partial charge is 0.496 e. The Balaban J connectivity index is 1.78. The number of carbonyl (C=O) groups excluding carboxylic acids is 2. The fourth-order valence-corrected chi connectivity index (χ4v) is 4.91. The van der Waals surface area contributed by atoms with Gasteiger partial charge in [-0.25, -0.2) is 9.18 Å². The molecule has 0 saturated heterocycles. The highest BCUT2D eigenvalue weighted by molar-refractivity contribution is 9.10. The van der Waals surface area contributed by atoms with Crippen LogP contribution < -0.4 is 4.74 Å². The summed E-state index contributed by atoms with van der Waals surface area (Å²) >= 11 is 4.78. The Labute approximate surface area is 217 Å². The molecule has 10 heteroatoms. The molecule has 2 aromatic carbocycles. The third kappa shape index (κ3) is 7.44. The number of nitrogens with zero attached hydrogens (tertiary/aromatic N) is 2. The smallest absolute Gasteiger partial charge is 0.415 e. The third-order valence-corrected chi connectivity index (χ3v) is 6.81. The van der Waals surface area contributed by atoms with Crippen molar-refractivity contribution in [3.63, 3.8) is 0 Å². The van der Waals surface area contributed by atoms with Crippen molar-refractivity contribution in [1.29, 1.82) is 0 Å². The van der Waals surface area contributed by atoms with Gasteiger partial charge in [-0.1, -0.05) is 28.9 Å².